The molecule has 0 fully saturated rings. The highest BCUT2D eigenvalue weighted by Gasteiger charge is 2.49. The largest absolute Gasteiger partial charge is 0.458 e. The van der Waals surface area contributed by atoms with Crippen LogP contribution < -0.4 is 41.1 Å². The summed E-state index contributed by atoms with van der Waals surface area (Å²) in [5.41, 5.74) is 13.1. The number of benzene rings is 5. The molecule has 0 saturated carbocycles. The lowest BCUT2D eigenvalue weighted by Gasteiger charge is -2.46. The van der Waals surface area contributed by atoms with Gasteiger partial charge in [-0.25, -0.2) is 0 Å². The van der Waals surface area contributed by atoms with E-state index in [2.05, 4.69) is 158 Å². The summed E-state index contributed by atoms with van der Waals surface area (Å²) in [4.78, 5) is 2.48. The van der Waals surface area contributed by atoms with Gasteiger partial charge in [-0.1, -0.05) is 129 Å². The Kier molecular flexibility index (Phi) is 6.61. The van der Waals surface area contributed by atoms with E-state index in [1.165, 1.54) is 67.8 Å². The van der Waals surface area contributed by atoms with Gasteiger partial charge in [0.2, 0.25) is 0 Å². The fraction of sp³-hybridized carbons (Fsp3) is 0.375. The monoisotopic (exact) mass is 713 g/mol. The molecule has 3 aliphatic heterocycles. The summed E-state index contributed by atoms with van der Waals surface area (Å²) in [6.45, 7) is 24.3. The first kappa shape index (κ1) is 33.4. The summed E-state index contributed by atoms with van der Waals surface area (Å²) in [6.07, 6.45) is 4.60. The van der Waals surface area contributed by atoms with Crippen LogP contribution in [0.5, 0.6) is 23.0 Å². The zero-order valence-electron chi connectivity index (χ0n) is 33.3. The fourth-order valence-electron chi connectivity index (χ4n) is 10.9. The minimum atomic E-state index is -1.95. The zero-order valence-corrected chi connectivity index (χ0v) is 34.3. The van der Waals surface area contributed by atoms with E-state index in [1.807, 2.05) is 0 Å². The van der Waals surface area contributed by atoms with E-state index in [0.29, 0.717) is 0 Å². The van der Waals surface area contributed by atoms with E-state index in [4.69, 9.17) is 9.47 Å². The first-order valence-electron chi connectivity index (χ1n) is 19.9. The lowest BCUT2D eigenvalue weighted by molar-refractivity contribution is 0.318. The molecule has 5 aromatic rings. The predicted molar refractivity (Wildman–Crippen MR) is 226 cm³/mol. The van der Waals surface area contributed by atoms with Gasteiger partial charge in [-0.2, -0.15) is 0 Å². The van der Waals surface area contributed by atoms with Gasteiger partial charge in [0.1, 0.15) is 31.1 Å². The van der Waals surface area contributed by atoms with Crippen molar-refractivity contribution in [3.8, 4) is 23.0 Å². The number of para-hydroxylation sites is 2. The third-order valence-electron chi connectivity index (χ3n) is 14.3. The quantitative estimate of drug-likeness (QED) is 0.158. The standard InChI is InChI=1S/C48H52BNO2Si/c1-45(2)23-25-47(5,6)40-30(45)19-21-32-43(40)51-36-27-29(50-34-15-11-13-17-38(34)53(9,10)39-18-14-12-16-35(39)50)28-37-42(36)49(32)33-22-20-31-41(44(33)52-37)48(7,8)26-24-46(31,3)4/h11-22,27-28H,23-26H2,1-10H3. The number of ether oxygens (including phenoxy) is 2. The van der Waals surface area contributed by atoms with Crippen molar-refractivity contribution in [1.82, 2.24) is 0 Å². The molecule has 0 spiro atoms. The average molecular weight is 714 g/mol. The molecule has 53 heavy (non-hydrogen) atoms. The Morgan fingerprint density at radius 1 is 0.547 bits per heavy atom. The zero-order chi connectivity index (χ0) is 37.0. The predicted octanol–water partition coefficient (Wildman–Crippen LogP) is 9.72. The topological polar surface area (TPSA) is 21.7 Å². The van der Waals surface area contributed by atoms with Crippen LogP contribution in [0.2, 0.25) is 13.1 Å². The SMILES string of the molecule is CC1(C)CCC(C)(C)c2c1ccc1c2Oc2cc(N3c4ccccc4[Si](C)(C)c4ccccc43)cc3c2B1c1ccc2c(c1O3)C(C)(C)CCC2(C)C. The van der Waals surface area contributed by atoms with Crippen LogP contribution >= 0.6 is 0 Å². The maximum atomic E-state index is 7.40. The third kappa shape index (κ3) is 4.46. The van der Waals surface area contributed by atoms with Crippen molar-refractivity contribution in [2.24, 2.45) is 0 Å². The van der Waals surface area contributed by atoms with Crippen LogP contribution in [-0.2, 0) is 21.7 Å². The minimum Gasteiger partial charge on any atom is -0.458 e. The van der Waals surface area contributed by atoms with Crippen molar-refractivity contribution in [3.63, 3.8) is 0 Å². The summed E-state index contributed by atoms with van der Waals surface area (Å²) < 4.78 is 14.8. The molecule has 0 N–H and O–H groups in total. The van der Waals surface area contributed by atoms with Crippen molar-refractivity contribution in [3.05, 3.63) is 107 Å². The maximum absolute atomic E-state index is 7.40. The van der Waals surface area contributed by atoms with Crippen LogP contribution in [0.4, 0.5) is 17.1 Å². The molecule has 3 nitrogen and oxygen atoms in total. The van der Waals surface area contributed by atoms with Gasteiger partial charge >= 0.3 is 0 Å². The van der Waals surface area contributed by atoms with Crippen molar-refractivity contribution in [2.45, 2.75) is 116 Å². The van der Waals surface area contributed by atoms with Crippen LogP contribution in [0, 0.1) is 0 Å². The number of nitrogens with zero attached hydrogens (tertiary/aromatic N) is 1. The first-order valence-corrected chi connectivity index (χ1v) is 22.9. The van der Waals surface area contributed by atoms with Crippen molar-refractivity contribution in [1.29, 1.82) is 0 Å². The second-order valence-corrected chi connectivity index (χ2v) is 24.2. The molecular formula is C48H52BNO2Si. The third-order valence-corrected chi connectivity index (χ3v) is 17.8. The Hall–Kier alpha value is -4.22. The highest BCUT2D eigenvalue weighted by atomic mass is 28.3. The molecule has 10 rings (SSSR count). The lowest BCUT2D eigenvalue weighted by Crippen LogP contribution is -2.59. The van der Waals surface area contributed by atoms with Crippen LogP contribution in [0.25, 0.3) is 0 Å². The molecule has 0 unspecified atom stereocenters. The van der Waals surface area contributed by atoms with Gasteiger partial charge in [-0.3, -0.25) is 0 Å². The molecule has 5 aromatic carbocycles. The van der Waals surface area contributed by atoms with E-state index in [1.54, 1.807) is 0 Å². The minimum absolute atomic E-state index is 0.00896. The molecule has 2 aliphatic carbocycles. The van der Waals surface area contributed by atoms with Gasteiger partial charge in [0, 0.05) is 40.1 Å². The van der Waals surface area contributed by atoms with Crippen LogP contribution in [-0.4, -0.2) is 14.8 Å². The molecule has 0 aromatic heterocycles. The van der Waals surface area contributed by atoms with Gasteiger partial charge in [0.15, 0.2) is 0 Å². The fourth-order valence-corrected chi connectivity index (χ4v) is 13.9. The van der Waals surface area contributed by atoms with Gasteiger partial charge < -0.3 is 14.4 Å². The Morgan fingerprint density at radius 2 is 0.962 bits per heavy atom. The molecule has 5 aliphatic rings. The molecular weight excluding hydrogens is 661 g/mol. The summed E-state index contributed by atoms with van der Waals surface area (Å²) >= 11 is 0. The van der Waals surface area contributed by atoms with E-state index < -0.39 is 8.07 Å². The van der Waals surface area contributed by atoms with Crippen molar-refractivity contribution < 1.29 is 9.47 Å². The Morgan fingerprint density at radius 3 is 1.42 bits per heavy atom. The average Bonchev–Trinajstić information content (AvgIpc) is 3.11. The highest BCUT2D eigenvalue weighted by Crippen LogP contribution is 2.54. The van der Waals surface area contributed by atoms with Gasteiger partial charge in [-0.15, -0.1) is 0 Å². The van der Waals surface area contributed by atoms with Gasteiger partial charge in [0.25, 0.3) is 6.71 Å². The van der Waals surface area contributed by atoms with Crippen molar-refractivity contribution >= 4 is 58.6 Å². The molecule has 3 heterocycles. The van der Waals surface area contributed by atoms with Crippen molar-refractivity contribution in [2.75, 3.05) is 4.90 Å². The number of fused-ring (bicyclic) bond motifs is 10. The lowest BCUT2D eigenvalue weighted by atomic mass is 9.34. The normalized spacial score (nSPS) is 20.9. The number of rotatable bonds is 1. The maximum Gasteiger partial charge on any atom is 0.260 e. The summed E-state index contributed by atoms with van der Waals surface area (Å²) in [7, 11) is -1.95. The van der Waals surface area contributed by atoms with Crippen LogP contribution in [0.1, 0.15) is 103 Å². The van der Waals surface area contributed by atoms with Gasteiger partial charge in [-0.05, 0) is 91.9 Å². The molecule has 0 radical (unpaired) electrons. The number of hydrogen-bond acceptors (Lipinski definition) is 3. The highest BCUT2D eigenvalue weighted by molar-refractivity contribution is 7.02. The Labute approximate surface area is 317 Å². The summed E-state index contributed by atoms with van der Waals surface area (Å²) in [6, 6.07) is 32.4. The van der Waals surface area contributed by atoms with E-state index >= 15 is 0 Å². The molecule has 5 heteroatoms. The van der Waals surface area contributed by atoms with Gasteiger partial charge in [0.05, 0.1) is 5.69 Å². The molecule has 0 atom stereocenters. The Bertz CT molecular complexity index is 2260. The first-order chi connectivity index (χ1) is 25.0. The summed E-state index contributed by atoms with van der Waals surface area (Å²) in [5.74, 6) is 3.98. The molecule has 0 saturated heterocycles. The second-order valence-electron chi connectivity index (χ2n) is 19.8. The smallest absolute Gasteiger partial charge is 0.260 e. The molecule has 0 bridgehead atoms. The van der Waals surface area contributed by atoms with E-state index in [0.717, 1.165) is 47.0 Å². The summed E-state index contributed by atoms with van der Waals surface area (Å²) in [5, 5.41) is 2.91. The van der Waals surface area contributed by atoms with E-state index in [9.17, 15) is 0 Å². The number of hydrogen-bond donors (Lipinski definition) is 0. The second kappa shape index (κ2) is 10.5. The molecule has 268 valence electrons. The number of anilines is 3. The van der Waals surface area contributed by atoms with Crippen LogP contribution in [0.3, 0.4) is 0 Å². The van der Waals surface area contributed by atoms with E-state index in [-0.39, 0.29) is 28.4 Å². The van der Waals surface area contributed by atoms with Crippen LogP contribution in [0.15, 0.2) is 84.9 Å². The molecule has 0 amide bonds. The Balaban J connectivity index is 1.28.